The van der Waals surface area contributed by atoms with Crippen molar-refractivity contribution in [2.75, 3.05) is 0 Å². The summed E-state index contributed by atoms with van der Waals surface area (Å²) in [6.45, 7) is 2.01. The molecule has 0 N–H and O–H groups in total. The van der Waals surface area contributed by atoms with Gasteiger partial charge in [0.15, 0.2) is 0 Å². The number of fused-ring (bicyclic) bond motifs is 1. The van der Waals surface area contributed by atoms with Crippen LogP contribution in [-0.4, -0.2) is 22.8 Å². The molecule has 3 bridgehead atoms. The first-order valence-corrected chi connectivity index (χ1v) is 7.70. The second-order valence-electron chi connectivity index (χ2n) is 7.40. The summed E-state index contributed by atoms with van der Waals surface area (Å²) < 4.78 is 19.2. The van der Waals surface area contributed by atoms with Gasteiger partial charge in [-0.3, -0.25) is 0 Å². The lowest BCUT2D eigenvalue weighted by Crippen LogP contribution is -2.66. The number of hydrogen-bond donors (Lipinski definition) is 0. The minimum absolute atomic E-state index is 0.0148. The Labute approximate surface area is 108 Å². The molecule has 100 valence electrons. The zero-order valence-electron chi connectivity index (χ0n) is 11.2. The average Bonchev–Trinajstić information content (AvgIpc) is 2.70. The van der Waals surface area contributed by atoms with Crippen molar-refractivity contribution in [2.24, 2.45) is 5.92 Å². The Hall–Kier alpha value is -0.120. The topological polar surface area (TPSA) is 27.7 Å². The minimum Gasteiger partial charge on any atom is -0.321 e. The Balaban J connectivity index is 1.71. The van der Waals surface area contributed by atoms with Gasteiger partial charge in [-0.05, 0) is 38.0 Å². The maximum atomic E-state index is 6.43. The Bertz CT molecular complexity index is 418. The number of ether oxygens (including phenoxy) is 3. The van der Waals surface area contributed by atoms with E-state index in [9.17, 15) is 0 Å². The maximum Gasteiger partial charge on any atom is 0.281 e. The van der Waals surface area contributed by atoms with Gasteiger partial charge in [0.05, 0.1) is 5.60 Å². The van der Waals surface area contributed by atoms with Crippen molar-refractivity contribution in [2.45, 2.75) is 87.5 Å². The van der Waals surface area contributed by atoms with Gasteiger partial charge in [-0.15, -0.1) is 0 Å². The summed E-state index contributed by atoms with van der Waals surface area (Å²) in [6, 6.07) is 0. The minimum atomic E-state index is -0.748. The van der Waals surface area contributed by atoms with Gasteiger partial charge in [0.1, 0.15) is 11.2 Å². The summed E-state index contributed by atoms with van der Waals surface area (Å²) >= 11 is 0. The van der Waals surface area contributed by atoms with Crippen LogP contribution in [0.2, 0.25) is 0 Å². The van der Waals surface area contributed by atoms with E-state index in [0.717, 1.165) is 12.3 Å². The third-order valence-electron chi connectivity index (χ3n) is 6.45. The molecule has 2 aliphatic heterocycles. The summed E-state index contributed by atoms with van der Waals surface area (Å²) in [4.78, 5) is 0. The highest BCUT2D eigenvalue weighted by Crippen LogP contribution is 2.70. The van der Waals surface area contributed by atoms with E-state index in [1.54, 1.807) is 0 Å². The lowest BCUT2D eigenvalue weighted by atomic mass is 9.57. The van der Waals surface area contributed by atoms with Crippen LogP contribution in [0.5, 0.6) is 0 Å². The molecule has 5 unspecified atom stereocenters. The molecule has 18 heavy (non-hydrogen) atoms. The molecule has 3 nitrogen and oxygen atoms in total. The highest BCUT2D eigenvalue weighted by Gasteiger charge is 2.77. The average molecular weight is 250 g/mol. The van der Waals surface area contributed by atoms with E-state index in [-0.39, 0.29) is 16.8 Å². The predicted molar refractivity (Wildman–Crippen MR) is 64.9 cm³/mol. The molecule has 2 spiro atoms. The zero-order valence-corrected chi connectivity index (χ0v) is 11.2. The quantitative estimate of drug-likeness (QED) is 0.661. The van der Waals surface area contributed by atoms with Crippen LogP contribution in [-0.2, 0) is 14.2 Å². The van der Waals surface area contributed by atoms with Gasteiger partial charge in [0.2, 0.25) is 0 Å². The van der Waals surface area contributed by atoms with Crippen molar-refractivity contribution < 1.29 is 14.2 Å². The van der Waals surface area contributed by atoms with Crippen molar-refractivity contribution in [3.05, 3.63) is 0 Å². The third-order valence-corrected chi connectivity index (χ3v) is 6.45. The molecule has 0 aromatic rings. The van der Waals surface area contributed by atoms with Crippen LogP contribution >= 0.6 is 0 Å². The van der Waals surface area contributed by atoms with E-state index >= 15 is 0 Å². The molecule has 5 aliphatic rings. The zero-order chi connectivity index (χ0) is 12.1. The normalized spacial score (nSPS) is 64.8. The van der Waals surface area contributed by atoms with E-state index in [1.165, 1.54) is 51.4 Å². The Morgan fingerprint density at radius 1 is 0.889 bits per heavy atom. The largest absolute Gasteiger partial charge is 0.321 e. The molecule has 3 saturated carbocycles. The second-order valence-corrected chi connectivity index (χ2v) is 7.40. The number of hydrogen-bond acceptors (Lipinski definition) is 3. The fraction of sp³-hybridized carbons (Fsp3) is 1.00. The molecule has 2 heterocycles. The van der Waals surface area contributed by atoms with Gasteiger partial charge in [-0.2, -0.15) is 0 Å². The molecule has 3 aliphatic carbocycles. The van der Waals surface area contributed by atoms with E-state index in [4.69, 9.17) is 14.2 Å². The van der Waals surface area contributed by atoms with Gasteiger partial charge in [0.25, 0.3) is 5.97 Å². The van der Waals surface area contributed by atoms with Gasteiger partial charge in [0, 0.05) is 13.3 Å². The lowest BCUT2D eigenvalue weighted by molar-refractivity contribution is -0.406. The molecule has 0 amide bonds. The van der Waals surface area contributed by atoms with E-state index < -0.39 is 5.97 Å². The van der Waals surface area contributed by atoms with Crippen LogP contribution in [0.3, 0.4) is 0 Å². The SMILES string of the molecule is CC12OC34CCCC3CC3(CCCCC3(C4)O1)O2. The fourth-order valence-electron chi connectivity index (χ4n) is 6.01. The van der Waals surface area contributed by atoms with Crippen molar-refractivity contribution in [1.82, 2.24) is 0 Å². The van der Waals surface area contributed by atoms with Crippen LogP contribution < -0.4 is 0 Å². The molecule has 5 rings (SSSR count). The van der Waals surface area contributed by atoms with E-state index in [2.05, 4.69) is 0 Å². The van der Waals surface area contributed by atoms with Crippen LogP contribution in [0.15, 0.2) is 0 Å². The molecule has 5 atom stereocenters. The first-order valence-electron chi connectivity index (χ1n) is 7.70. The smallest absolute Gasteiger partial charge is 0.281 e. The first kappa shape index (κ1) is 10.6. The van der Waals surface area contributed by atoms with Crippen molar-refractivity contribution >= 4 is 0 Å². The maximum absolute atomic E-state index is 6.43. The van der Waals surface area contributed by atoms with Gasteiger partial charge < -0.3 is 14.2 Å². The molecule has 0 aromatic heterocycles. The first-order chi connectivity index (χ1) is 8.60. The predicted octanol–water partition coefficient (Wildman–Crippen LogP) is 3.12. The number of rotatable bonds is 0. The summed E-state index contributed by atoms with van der Waals surface area (Å²) in [5.41, 5.74) is 0.0540. The van der Waals surface area contributed by atoms with Crippen LogP contribution in [0, 0.1) is 5.92 Å². The van der Waals surface area contributed by atoms with Crippen molar-refractivity contribution in [3.63, 3.8) is 0 Å². The Kier molecular flexibility index (Phi) is 1.66. The molecule has 5 fully saturated rings. The van der Waals surface area contributed by atoms with Crippen LogP contribution in [0.25, 0.3) is 0 Å². The highest BCUT2D eigenvalue weighted by molar-refractivity contribution is 5.22. The molecule has 0 radical (unpaired) electrons. The van der Waals surface area contributed by atoms with E-state index in [1.807, 2.05) is 6.92 Å². The second kappa shape index (κ2) is 2.82. The summed E-state index contributed by atoms with van der Waals surface area (Å²) in [6.07, 6.45) is 11.1. The molecular formula is C15H22O3. The summed E-state index contributed by atoms with van der Waals surface area (Å²) in [5.74, 6) is -0.0313. The third kappa shape index (κ3) is 0.981. The molecule has 0 aromatic carbocycles. The van der Waals surface area contributed by atoms with Gasteiger partial charge in [-0.25, -0.2) is 0 Å². The van der Waals surface area contributed by atoms with Gasteiger partial charge >= 0.3 is 0 Å². The van der Waals surface area contributed by atoms with Gasteiger partial charge in [-0.1, -0.05) is 19.3 Å². The molecule has 3 heteroatoms. The summed E-state index contributed by atoms with van der Waals surface area (Å²) in [7, 11) is 0. The van der Waals surface area contributed by atoms with E-state index in [0.29, 0.717) is 0 Å². The Morgan fingerprint density at radius 3 is 2.56 bits per heavy atom. The molecule has 2 saturated heterocycles. The van der Waals surface area contributed by atoms with Crippen LogP contribution in [0.4, 0.5) is 0 Å². The molecular weight excluding hydrogens is 228 g/mol. The Morgan fingerprint density at radius 2 is 1.67 bits per heavy atom. The van der Waals surface area contributed by atoms with Crippen LogP contribution in [0.1, 0.15) is 64.7 Å². The monoisotopic (exact) mass is 250 g/mol. The lowest BCUT2D eigenvalue weighted by Gasteiger charge is -2.57. The fourth-order valence-corrected chi connectivity index (χ4v) is 6.01. The standard InChI is InChI=1S/C15H22O3/c1-12-16-13-6-4-5-11(13)9-14(17-12)7-2-3-8-15(14,10-13)18-12/h11H,2-10H2,1H3. The van der Waals surface area contributed by atoms with Crippen molar-refractivity contribution in [3.8, 4) is 0 Å². The summed E-state index contributed by atoms with van der Waals surface area (Å²) in [5, 5.41) is 0. The highest BCUT2D eigenvalue weighted by atomic mass is 16.9. The van der Waals surface area contributed by atoms with Crippen molar-refractivity contribution in [1.29, 1.82) is 0 Å².